The molecule has 1 rings (SSSR count). The van der Waals surface area contributed by atoms with Crippen molar-refractivity contribution in [1.82, 2.24) is 5.32 Å². The van der Waals surface area contributed by atoms with Crippen molar-refractivity contribution in [1.29, 1.82) is 0 Å². The second kappa shape index (κ2) is 77.0. The zero-order valence-corrected chi connectivity index (χ0v) is 64.9. The minimum atomic E-state index is -1.57. The molecule has 0 aliphatic carbocycles. The molecular weight excluding hydrogens is 1200 g/mol. The molecule has 1 heterocycles. The molecule has 9 nitrogen and oxygen atoms in total. The van der Waals surface area contributed by atoms with Crippen molar-refractivity contribution >= 4 is 5.91 Å². The van der Waals surface area contributed by atoms with Gasteiger partial charge in [0, 0.05) is 6.42 Å². The molecule has 0 bridgehead atoms. The molecule has 0 aromatic heterocycles. The number of hydrogen-bond acceptors (Lipinski definition) is 8. The number of unbranched alkanes of at least 4 members (excludes halogenated alkanes) is 65. The van der Waals surface area contributed by atoms with Crippen LogP contribution in [0.25, 0.3) is 0 Å². The molecule has 0 radical (unpaired) electrons. The first-order chi connectivity index (χ1) is 47.8. The molecule has 574 valence electrons. The maximum Gasteiger partial charge on any atom is 0.220 e. The van der Waals surface area contributed by atoms with E-state index in [4.69, 9.17) is 9.47 Å². The maximum absolute atomic E-state index is 13.2. The van der Waals surface area contributed by atoms with Gasteiger partial charge in [0.05, 0.1) is 25.4 Å². The van der Waals surface area contributed by atoms with E-state index in [1.807, 2.05) is 6.08 Å². The fraction of sp³-hybridized carbons (Fsp3) is 0.920. The lowest BCUT2D eigenvalue weighted by atomic mass is 9.99. The lowest BCUT2D eigenvalue weighted by Gasteiger charge is -2.40. The minimum absolute atomic E-state index is 0.176. The van der Waals surface area contributed by atoms with E-state index in [0.29, 0.717) is 6.42 Å². The van der Waals surface area contributed by atoms with Gasteiger partial charge < -0.3 is 40.3 Å². The molecule has 0 spiro atoms. The van der Waals surface area contributed by atoms with Crippen LogP contribution in [-0.4, -0.2) is 87.5 Å². The summed E-state index contributed by atoms with van der Waals surface area (Å²) in [6, 6.07) is -0.823. The van der Waals surface area contributed by atoms with Gasteiger partial charge in [0.15, 0.2) is 6.29 Å². The quantitative estimate of drug-likeness (QED) is 0.0261. The van der Waals surface area contributed by atoms with Gasteiger partial charge in [-0.15, -0.1) is 0 Å². The Morgan fingerprint density at radius 1 is 0.340 bits per heavy atom. The van der Waals surface area contributed by atoms with Crippen LogP contribution >= 0.6 is 0 Å². The maximum atomic E-state index is 13.2. The van der Waals surface area contributed by atoms with Gasteiger partial charge in [-0.05, 0) is 57.8 Å². The zero-order chi connectivity index (χ0) is 69.9. The minimum Gasteiger partial charge on any atom is -0.394 e. The van der Waals surface area contributed by atoms with Gasteiger partial charge in [-0.1, -0.05) is 436 Å². The predicted molar refractivity (Wildman–Crippen MR) is 420 cm³/mol. The lowest BCUT2D eigenvalue weighted by molar-refractivity contribution is -0.302. The van der Waals surface area contributed by atoms with Crippen LogP contribution in [0.1, 0.15) is 463 Å². The molecule has 9 heteroatoms. The Hall–Kier alpha value is -1.59. The van der Waals surface area contributed by atoms with Crippen molar-refractivity contribution in [3.05, 3.63) is 36.5 Å². The first-order valence-electron chi connectivity index (χ1n) is 43.7. The van der Waals surface area contributed by atoms with E-state index in [9.17, 15) is 30.3 Å². The summed E-state index contributed by atoms with van der Waals surface area (Å²) in [6.07, 6.45) is 99.2. The summed E-state index contributed by atoms with van der Waals surface area (Å²) >= 11 is 0. The molecule has 0 saturated carbocycles. The van der Waals surface area contributed by atoms with Crippen molar-refractivity contribution < 1.29 is 39.8 Å². The SMILES string of the molecule is CCCCCCCCCC/C=C\CCCCCCCCCCCCCCCCCCCCCCCCCCCCCCCC(=O)NC(COC1OC(CO)C(O)C(O)C1O)C(O)/C=C/CC/C=C/CCCCCCCCCCCCCCCCCCCCCCCCCCCCC. The highest BCUT2D eigenvalue weighted by Crippen LogP contribution is 2.24. The van der Waals surface area contributed by atoms with E-state index in [2.05, 4.69) is 43.5 Å². The van der Waals surface area contributed by atoms with Crippen LogP contribution in [0.2, 0.25) is 0 Å². The van der Waals surface area contributed by atoms with Crippen molar-refractivity contribution in [3.63, 3.8) is 0 Å². The number of ether oxygens (including phenoxy) is 2. The summed E-state index contributed by atoms with van der Waals surface area (Å²) in [5.41, 5.74) is 0. The number of allylic oxidation sites excluding steroid dienone is 5. The van der Waals surface area contributed by atoms with Crippen LogP contribution in [0.3, 0.4) is 0 Å². The van der Waals surface area contributed by atoms with Crippen LogP contribution in [0.15, 0.2) is 36.5 Å². The van der Waals surface area contributed by atoms with E-state index in [0.717, 1.165) is 38.5 Å². The van der Waals surface area contributed by atoms with Gasteiger partial charge in [0.2, 0.25) is 5.91 Å². The number of nitrogens with one attached hydrogen (secondary N) is 1. The van der Waals surface area contributed by atoms with E-state index >= 15 is 0 Å². The number of rotatable bonds is 79. The standard InChI is InChI=1S/C88H169NO8/c1-3-5-7-9-11-13-15-17-19-21-23-25-27-29-31-33-35-37-38-39-40-41-42-43-44-46-48-50-52-54-56-58-60-62-64-66-68-70-72-74-76-78-84(92)89-81(80-96-88-87(95)86(94)85(93)83(79-90)97-88)82(91)77-75-73-71-69-67-65-63-61-59-57-55-53-51-49-47-45-36-34-32-30-28-26-24-22-20-18-16-14-12-10-8-6-4-2/h21,23,67,69,75,77,81-83,85-88,90-91,93-95H,3-20,22,24-66,68,70-74,76,78-80H2,1-2H3,(H,89,92)/b23-21-,69-67+,77-75+. The number of amides is 1. The smallest absolute Gasteiger partial charge is 0.220 e. The van der Waals surface area contributed by atoms with E-state index in [1.54, 1.807) is 6.08 Å². The topological polar surface area (TPSA) is 149 Å². The van der Waals surface area contributed by atoms with Gasteiger partial charge in [-0.3, -0.25) is 4.79 Å². The average Bonchev–Trinajstić information content (AvgIpc) is 0.854. The van der Waals surface area contributed by atoms with Gasteiger partial charge >= 0.3 is 0 Å². The van der Waals surface area contributed by atoms with E-state index < -0.39 is 49.5 Å². The fourth-order valence-corrected chi connectivity index (χ4v) is 14.4. The normalized spacial score (nSPS) is 17.5. The molecule has 7 unspecified atom stereocenters. The second-order valence-electron chi connectivity index (χ2n) is 30.7. The third-order valence-corrected chi connectivity index (χ3v) is 21.2. The third-order valence-electron chi connectivity index (χ3n) is 21.2. The van der Waals surface area contributed by atoms with Gasteiger partial charge in [-0.2, -0.15) is 0 Å². The van der Waals surface area contributed by atoms with Crippen LogP contribution in [-0.2, 0) is 14.3 Å². The summed E-state index contributed by atoms with van der Waals surface area (Å²) in [6.45, 7) is 3.84. The Kier molecular flexibility index (Phi) is 74.2. The van der Waals surface area contributed by atoms with Crippen LogP contribution < -0.4 is 5.32 Å². The Balaban J connectivity index is 2.03. The molecule has 1 fully saturated rings. The summed E-state index contributed by atoms with van der Waals surface area (Å²) in [5.74, 6) is -0.176. The van der Waals surface area contributed by atoms with Gasteiger partial charge in [0.25, 0.3) is 0 Å². The second-order valence-corrected chi connectivity index (χ2v) is 30.7. The van der Waals surface area contributed by atoms with E-state index in [-0.39, 0.29) is 12.5 Å². The molecule has 6 N–H and O–H groups in total. The van der Waals surface area contributed by atoms with Gasteiger partial charge in [-0.25, -0.2) is 0 Å². The van der Waals surface area contributed by atoms with Crippen molar-refractivity contribution in [2.75, 3.05) is 13.2 Å². The number of carbonyl (C=O) groups is 1. The molecular formula is C88H169NO8. The number of aliphatic hydroxyl groups excluding tert-OH is 5. The Morgan fingerprint density at radius 3 is 0.866 bits per heavy atom. The number of carbonyl (C=O) groups excluding carboxylic acids is 1. The van der Waals surface area contributed by atoms with Crippen LogP contribution in [0.4, 0.5) is 0 Å². The van der Waals surface area contributed by atoms with Crippen molar-refractivity contribution in [2.45, 2.75) is 506 Å². The van der Waals surface area contributed by atoms with Crippen molar-refractivity contribution in [3.8, 4) is 0 Å². The van der Waals surface area contributed by atoms with Crippen molar-refractivity contribution in [2.24, 2.45) is 0 Å². The summed E-state index contributed by atoms with van der Waals surface area (Å²) in [5, 5.41) is 55.0. The molecule has 97 heavy (non-hydrogen) atoms. The van der Waals surface area contributed by atoms with Gasteiger partial charge in [0.1, 0.15) is 24.4 Å². The highest BCUT2D eigenvalue weighted by Gasteiger charge is 2.44. The number of hydrogen-bond donors (Lipinski definition) is 6. The Labute approximate surface area is 603 Å². The summed E-state index contributed by atoms with van der Waals surface area (Å²) in [4.78, 5) is 13.2. The fourth-order valence-electron chi connectivity index (χ4n) is 14.4. The predicted octanol–water partition coefficient (Wildman–Crippen LogP) is 25.7. The number of aliphatic hydroxyl groups is 5. The largest absolute Gasteiger partial charge is 0.394 e. The first kappa shape index (κ1) is 93.4. The Morgan fingerprint density at radius 2 is 0.588 bits per heavy atom. The lowest BCUT2D eigenvalue weighted by Crippen LogP contribution is -2.60. The summed E-state index contributed by atoms with van der Waals surface area (Å²) < 4.78 is 11.4. The Bertz CT molecular complexity index is 1640. The third kappa shape index (κ3) is 65.0. The molecule has 7 atom stereocenters. The zero-order valence-electron chi connectivity index (χ0n) is 64.9. The van der Waals surface area contributed by atoms with E-state index in [1.165, 1.54) is 405 Å². The molecule has 1 saturated heterocycles. The molecule has 1 aliphatic rings. The molecule has 0 aromatic rings. The average molecular weight is 1370 g/mol. The van der Waals surface area contributed by atoms with Crippen LogP contribution in [0, 0.1) is 0 Å². The van der Waals surface area contributed by atoms with Crippen LogP contribution in [0.5, 0.6) is 0 Å². The molecule has 1 amide bonds. The molecule has 0 aromatic carbocycles. The first-order valence-corrected chi connectivity index (χ1v) is 43.7. The highest BCUT2D eigenvalue weighted by atomic mass is 16.7. The highest BCUT2D eigenvalue weighted by molar-refractivity contribution is 5.76. The molecule has 1 aliphatic heterocycles. The summed E-state index contributed by atoms with van der Waals surface area (Å²) in [7, 11) is 0. The monoisotopic (exact) mass is 1370 g/mol.